The van der Waals surface area contributed by atoms with E-state index >= 15 is 0 Å². The van der Waals surface area contributed by atoms with E-state index in [1.54, 1.807) is 22.7 Å². The summed E-state index contributed by atoms with van der Waals surface area (Å²) >= 11 is 6.32. The van der Waals surface area contributed by atoms with Crippen molar-refractivity contribution in [3.05, 3.63) is 82.0 Å². The fourth-order valence-corrected chi connectivity index (χ4v) is 5.40. The Morgan fingerprint density at radius 2 is 1.93 bits per heavy atom. The van der Waals surface area contributed by atoms with Crippen molar-refractivity contribution < 1.29 is 4.11 Å². The maximum Gasteiger partial charge on any atom is 0.261 e. The van der Waals surface area contributed by atoms with Crippen LogP contribution in [0.25, 0.3) is 39.1 Å². The lowest BCUT2D eigenvalue weighted by molar-refractivity contribution is 0.642. The van der Waals surface area contributed by atoms with E-state index in [1.165, 1.54) is 18.7 Å². The third kappa shape index (κ3) is 4.29. The lowest BCUT2D eigenvalue weighted by Crippen LogP contribution is -2.21. The van der Waals surface area contributed by atoms with Crippen molar-refractivity contribution in [3.63, 3.8) is 0 Å². The van der Waals surface area contributed by atoms with Gasteiger partial charge in [0.1, 0.15) is 22.8 Å². The zero-order chi connectivity index (χ0) is 30.9. The van der Waals surface area contributed by atoms with Gasteiger partial charge in [-0.1, -0.05) is 17.7 Å². The molecule has 12 heteroatoms. The summed E-state index contributed by atoms with van der Waals surface area (Å²) in [7, 11) is 0. The number of anilines is 2. The van der Waals surface area contributed by atoms with Gasteiger partial charge < -0.3 is 11.1 Å². The second kappa shape index (κ2) is 9.41. The first-order chi connectivity index (χ1) is 21.0. The molecule has 0 saturated heterocycles. The molecule has 1 saturated carbocycles. The average Bonchev–Trinajstić information content (AvgIpc) is 3.55. The first kappa shape index (κ1) is 22.0. The second-order valence-corrected chi connectivity index (χ2v) is 10.7. The van der Waals surface area contributed by atoms with E-state index in [4.69, 9.17) is 21.4 Å². The van der Waals surface area contributed by atoms with E-state index in [-0.39, 0.29) is 28.7 Å². The van der Waals surface area contributed by atoms with Gasteiger partial charge in [-0.2, -0.15) is 5.10 Å². The van der Waals surface area contributed by atoms with Crippen molar-refractivity contribution in [1.29, 1.82) is 0 Å². The number of aryl methyl sites for hydroxylation is 2. The number of fused-ring (bicyclic) bond motifs is 3. The molecule has 7 rings (SSSR count). The number of nitrogen functional groups attached to an aromatic ring is 1. The van der Waals surface area contributed by atoms with E-state index in [9.17, 15) is 4.79 Å². The Labute approximate surface area is 243 Å². The van der Waals surface area contributed by atoms with E-state index in [1.807, 2.05) is 36.9 Å². The minimum atomic E-state index is -2.79. The summed E-state index contributed by atoms with van der Waals surface area (Å²) in [5.74, 6) is 0.0598. The van der Waals surface area contributed by atoms with Crippen LogP contribution in [0.4, 0.5) is 11.6 Å². The monoisotopic (exact) mass is 569 g/mol. The zero-order valence-electron chi connectivity index (χ0n) is 25.2. The number of imidazole rings is 1. The van der Waals surface area contributed by atoms with Crippen molar-refractivity contribution in [3.8, 4) is 22.5 Å². The fourth-order valence-electron chi connectivity index (χ4n) is 5.25. The van der Waals surface area contributed by atoms with Crippen molar-refractivity contribution in [2.75, 3.05) is 11.1 Å². The SMILES string of the molecule is [2H]C([2H])([2H])n1c(=O)c2cc(C)cc(C(C)Nc3ccc(Cl)nc3-c3cnn(C4CC4)c3)c2n2cnc(-c3cnc(N)nc3)c12. The van der Waals surface area contributed by atoms with Crippen LogP contribution in [0, 0.1) is 6.92 Å². The molecule has 1 atom stereocenters. The Bertz CT molecular complexity index is 2130. The topological polar surface area (TPSA) is 134 Å². The lowest BCUT2D eigenvalue weighted by Gasteiger charge is -2.21. The Balaban J connectivity index is 1.42. The van der Waals surface area contributed by atoms with Crippen LogP contribution >= 0.6 is 11.6 Å². The summed E-state index contributed by atoms with van der Waals surface area (Å²) < 4.78 is 29.2. The van der Waals surface area contributed by atoms with Crippen LogP contribution in [0.15, 0.2) is 60.2 Å². The number of nitrogens with zero attached hydrogens (tertiary/aromatic N) is 8. The van der Waals surface area contributed by atoms with Crippen LogP contribution in [0.3, 0.4) is 0 Å². The molecule has 0 amide bonds. The molecule has 3 N–H and O–H groups in total. The third-order valence-corrected chi connectivity index (χ3v) is 7.56. The lowest BCUT2D eigenvalue weighted by atomic mass is 10.0. The Morgan fingerprint density at radius 3 is 2.68 bits per heavy atom. The van der Waals surface area contributed by atoms with Crippen molar-refractivity contribution in [1.82, 2.24) is 38.7 Å². The largest absolute Gasteiger partial charge is 0.377 e. The number of benzene rings is 1. The standard InChI is InChI=1S/C29H27ClN10O/c1-15-8-20(16(2)36-22-6-7-23(30)37-24(22)18-12-35-40(13-18)19-4-5-19)26-21(9-15)28(41)38(3)27-25(34-14-39(26)27)17-10-32-29(31)33-11-17/h6-14,16,19,36H,4-5H2,1-3H3,(H2,31,32,33)/i3D3. The molecule has 6 aromatic rings. The molecule has 0 radical (unpaired) electrons. The molecule has 0 bridgehead atoms. The van der Waals surface area contributed by atoms with Crippen LogP contribution < -0.4 is 16.6 Å². The Morgan fingerprint density at radius 1 is 1.12 bits per heavy atom. The van der Waals surface area contributed by atoms with E-state index < -0.39 is 12.5 Å². The number of halogens is 1. The molecule has 1 fully saturated rings. The number of nitrogens with two attached hydrogens (primary N) is 1. The molecular formula is C29H27ClN10O. The number of nitrogens with one attached hydrogen (secondary N) is 1. The molecule has 5 aromatic heterocycles. The van der Waals surface area contributed by atoms with Crippen LogP contribution in [0.5, 0.6) is 0 Å². The summed E-state index contributed by atoms with van der Waals surface area (Å²) in [4.78, 5) is 31.2. The fraction of sp³-hybridized carbons (Fsp3) is 0.241. The predicted molar refractivity (Wildman–Crippen MR) is 159 cm³/mol. The molecule has 5 heterocycles. The summed E-state index contributed by atoms with van der Waals surface area (Å²) in [5.41, 5.74) is 10.0. The molecular weight excluding hydrogens is 540 g/mol. The highest BCUT2D eigenvalue weighted by Gasteiger charge is 2.25. The first-order valence-electron chi connectivity index (χ1n) is 14.6. The molecule has 1 unspecified atom stereocenters. The van der Waals surface area contributed by atoms with Crippen LogP contribution in [-0.4, -0.2) is 38.7 Å². The van der Waals surface area contributed by atoms with Gasteiger partial charge in [-0.15, -0.1) is 0 Å². The molecule has 1 aliphatic carbocycles. The highest BCUT2D eigenvalue weighted by molar-refractivity contribution is 6.29. The second-order valence-electron chi connectivity index (χ2n) is 10.3. The van der Waals surface area contributed by atoms with Crippen molar-refractivity contribution in [2.24, 2.45) is 6.98 Å². The molecule has 41 heavy (non-hydrogen) atoms. The predicted octanol–water partition coefficient (Wildman–Crippen LogP) is 4.95. The van der Waals surface area contributed by atoms with Gasteiger partial charge in [0, 0.05) is 40.8 Å². The Kier molecular flexibility index (Phi) is 5.05. The number of hydrogen-bond donors (Lipinski definition) is 2. The third-order valence-electron chi connectivity index (χ3n) is 7.35. The van der Waals surface area contributed by atoms with Crippen LogP contribution in [0.1, 0.15) is 47.1 Å². The quantitative estimate of drug-likeness (QED) is 0.269. The average molecular weight is 570 g/mol. The summed E-state index contributed by atoms with van der Waals surface area (Å²) in [6, 6.07) is 7.29. The van der Waals surface area contributed by atoms with Gasteiger partial charge in [-0.05, 0) is 56.0 Å². The highest BCUT2D eigenvalue weighted by Crippen LogP contribution is 2.37. The molecule has 206 valence electrons. The van der Waals surface area contributed by atoms with Gasteiger partial charge in [0.25, 0.3) is 5.56 Å². The number of hydrogen-bond acceptors (Lipinski definition) is 8. The summed E-state index contributed by atoms with van der Waals surface area (Å²) in [5, 5.41) is 8.66. The number of rotatable bonds is 6. The first-order valence-corrected chi connectivity index (χ1v) is 13.5. The molecule has 0 spiro atoms. The van der Waals surface area contributed by atoms with Crippen LogP contribution in [0.2, 0.25) is 5.15 Å². The van der Waals surface area contributed by atoms with E-state index in [0.717, 1.165) is 39.8 Å². The molecule has 11 nitrogen and oxygen atoms in total. The zero-order valence-corrected chi connectivity index (χ0v) is 23.0. The number of aromatic nitrogens is 8. The van der Waals surface area contributed by atoms with Gasteiger partial charge in [0.05, 0.1) is 40.6 Å². The highest BCUT2D eigenvalue weighted by atomic mass is 35.5. The summed E-state index contributed by atoms with van der Waals surface area (Å²) in [6.45, 7) is 1.04. The maximum absolute atomic E-state index is 14.0. The summed E-state index contributed by atoms with van der Waals surface area (Å²) in [6.07, 6.45) is 10.4. The van der Waals surface area contributed by atoms with Crippen LogP contribution in [-0.2, 0) is 6.98 Å². The van der Waals surface area contributed by atoms with Gasteiger partial charge in [0.15, 0.2) is 0 Å². The maximum atomic E-state index is 14.0. The van der Waals surface area contributed by atoms with Gasteiger partial charge in [-0.3, -0.25) is 18.4 Å². The molecule has 1 aromatic carbocycles. The minimum Gasteiger partial charge on any atom is -0.377 e. The smallest absolute Gasteiger partial charge is 0.261 e. The van der Waals surface area contributed by atoms with Crippen molar-refractivity contribution in [2.45, 2.75) is 38.8 Å². The van der Waals surface area contributed by atoms with E-state index in [2.05, 4.69) is 30.4 Å². The van der Waals surface area contributed by atoms with Gasteiger partial charge in [-0.25, -0.2) is 19.9 Å². The molecule has 0 aliphatic heterocycles. The minimum absolute atomic E-state index is 0.0598. The van der Waals surface area contributed by atoms with Gasteiger partial charge >= 0.3 is 0 Å². The van der Waals surface area contributed by atoms with Gasteiger partial charge in [0.2, 0.25) is 5.95 Å². The number of pyridine rings is 1. The van der Waals surface area contributed by atoms with E-state index in [0.29, 0.717) is 28.0 Å². The van der Waals surface area contributed by atoms with Crippen molar-refractivity contribution >= 4 is 39.8 Å². The Hall–Kier alpha value is -4.77. The normalized spacial score (nSPS) is 15.5. The molecule has 1 aliphatic rings.